The monoisotopic (exact) mass is 361 g/mol. The van der Waals surface area contributed by atoms with Crippen molar-refractivity contribution in [2.24, 2.45) is 0 Å². The van der Waals surface area contributed by atoms with Crippen molar-refractivity contribution in [3.05, 3.63) is 65.7 Å². The van der Waals surface area contributed by atoms with Gasteiger partial charge in [-0.25, -0.2) is 0 Å². The molecule has 25 heavy (non-hydrogen) atoms. The lowest BCUT2D eigenvalue weighted by molar-refractivity contribution is -0.130. The van der Waals surface area contributed by atoms with Gasteiger partial charge in [-0.2, -0.15) is 0 Å². The molecular weight excluding hydrogens is 338 g/mol. The smallest absolute Gasteiger partial charge is 0.255 e. The Morgan fingerprint density at radius 3 is 2.40 bits per heavy atom. The maximum absolute atomic E-state index is 12.2. The van der Waals surface area contributed by atoms with E-state index in [4.69, 9.17) is 0 Å². The van der Waals surface area contributed by atoms with E-state index < -0.39 is 0 Å². The summed E-state index contributed by atoms with van der Waals surface area (Å²) in [6, 6.07) is 16.6. The van der Waals surface area contributed by atoms with Gasteiger partial charge < -0.3 is 15.5 Å². The predicted molar refractivity (Wildman–Crippen MR) is 103 cm³/mol. The first-order valence-electron chi connectivity index (χ1n) is 7.89. The van der Waals surface area contributed by atoms with Crippen molar-refractivity contribution in [3.8, 4) is 0 Å². The van der Waals surface area contributed by atoms with E-state index >= 15 is 0 Å². The Bertz CT molecular complexity index is 707. The maximum atomic E-state index is 12.2. The summed E-state index contributed by atoms with van der Waals surface area (Å²) < 4.78 is 0. The molecule has 2 aromatic rings. The van der Waals surface area contributed by atoms with Gasteiger partial charge in [-0.1, -0.05) is 30.3 Å². The van der Waals surface area contributed by atoms with Crippen LogP contribution in [0.3, 0.4) is 0 Å². The van der Waals surface area contributed by atoms with Gasteiger partial charge in [-0.05, 0) is 43.8 Å². The van der Waals surface area contributed by atoms with Crippen LogP contribution in [0.15, 0.2) is 54.6 Å². The van der Waals surface area contributed by atoms with Gasteiger partial charge in [-0.3, -0.25) is 9.59 Å². The molecule has 0 bridgehead atoms. The summed E-state index contributed by atoms with van der Waals surface area (Å²) in [7, 11) is 3.52. The molecule has 134 valence electrons. The highest BCUT2D eigenvalue weighted by molar-refractivity contribution is 6.04. The second kappa shape index (κ2) is 9.81. The molecule has 0 aliphatic rings. The molecule has 2 N–H and O–H groups in total. The minimum Gasteiger partial charge on any atom is -0.338 e. The molecule has 0 heterocycles. The second-order valence-corrected chi connectivity index (χ2v) is 5.66. The van der Waals surface area contributed by atoms with Gasteiger partial charge in [0, 0.05) is 18.3 Å². The number of halogens is 1. The van der Waals surface area contributed by atoms with E-state index in [9.17, 15) is 9.59 Å². The molecule has 0 aliphatic carbocycles. The number of nitrogens with zero attached hydrogens (tertiary/aromatic N) is 1. The van der Waals surface area contributed by atoms with Gasteiger partial charge in [0.05, 0.1) is 12.6 Å². The Kier molecular flexibility index (Phi) is 8.11. The van der Waals surface area contributed by atoms with E-state index in [1.165, 1.54) is 0 Å². The Labute approximate surface area is 154 Å². The highest BCUT2D eigenvalue weighted by Gasteiger charge is 2.17. The SMILES string of the molecule is CNCC(=O)N(C)C(C)c1cccc(NC(=O)c2ccccc2)c1.Cl. The van der Waals surface area contributed by atoms with Crippen LogP contribution < -0.4 is 10.6 Å². The van der Waals surface area contributed by atoms with E-state index in [0.717, 1.165) is 5.56 Å². The molecule has 0 aromatic heterocycles. The summed E-state index contributed by atoms with van der Waals surface area (Å²) in [6.45, 7) is 2.26. The molecule has 2 aromatic carbocycles. The number of carbonyl (C=O) groups excluding carboxylic acids is 2. The normalized spacial score (nSPS) is 11.2. The van der Waals surface area contributed by atoms with Gasteiger partial charge >= 0.3 is 0 Å². The summed E-state index contributed by atoms with van der Waals surface area (Å²) in [5, 5.41) is 5.75. The van der Waals surface area contributed by atoms with Crippen molar-refractivity contribution in [3.63, 3.8) is 0 Å². The molecule has 5 nitrogen and oxygen atoms in total. The van der Waals surface area contributed by atoms with Crippen LogP contribution in [0.1, 0.15) is 28.9 Å². The fourth-order valence-corrected chi connectivity index (χ4v) is 2.38. The summed E-state index contributed by atoms with van der Waals surface area (Å²) in [6.07, 6.45) is 0. The van der Waals surface area contributed by atoms with Gasteiger partial charge in [0.25, 0.3) is 5.91 Å². The van der Waals surface area contributed by atoms with E-state index in [1.54, 1.807) is 31.1 Å². The summed E-state index contributed by atoms with van der Waals surface area (Å²) in [5.41, 5.74) is 2.28. The van der Waals surface area contributed by atoms with Gasteiger partial charge in [0.1, 0.15) is 0 Å². The number of rotatable bonds is 6. The zero-order valence-corrected chi connectivity index (χ0v) is 15.5. The van der Waals surface area contributed by atoms with E-state index in [0.29, 0.717) is 17.8 Å². The summed E-state index contributed by atoms with van der Waals surface area (Å²) >= 11 is 0. The third-order valence-corrected chi connectivity index (χ3v) is 3.97. The Hall–Kier alpha value is -2.37. The number of amides is 2. The molecule has 2 rings (SSSR count). The van der Waals surface area contributed by atoms with Crippen molar-refractivity contribution in [2.75, 3.05) is 26.0 Å². The Morgan fingerprint density at radius 1 is 1.08 bits per heavy atom. The fourth-order valence-electron chi connectivity index (χ4n) is 2.38. The average Bonchev–Trinajstić information content (AvgIpc) is 2.61. The number of anilines is 1. The Balaban J connectivity index is 0.00000312. The van der Waals surface area contributed by atoms with Crippen LogP contribution in [0.5, 0.6) is 0 Å². The van der Waals surface area contributed by atoms with Crippen LogP contribution in [-0.4, -0.2) is 37.4 Å². The molecule has 1 atom stereocenters. The third kappa shape index (κ3) is 5.59. The molecule has 0 aliphatic heterocycles. The molecule has 0 radical (unpaired) electrons. The van der Waals surface area contributed by atoms with Crippen LogP contribution >= 0.6 is 12.4 Å². The number of nitrogens with one attached hydrogen (secondary N) is 2. The second-order valence-electron chi connectivity index (χ2n) is 5.66. The number of benzene rings is 2. The lowest BCUT2D eigenvalue weighted by atomic mass is 10.1. The number of hydrogen-bond donors (Lipinski definition) is 2. The molecule has 0 spiro atoms. The van der Waals surface area contributed by atoms with Crippen molar-refractivity contribution in [1.82, 2.24) is 10.2 Å². The van der Waals surface area contributed by atoms with Crippen LogP contribution in [0.2, 0.25) is 0 Å². The molecular formula is C19H24ClN3O2. The van der Waals surface area contributed by atoms with Gasteiger partial charge in [0.15, 0.2) is 0 Å². The summed E-state index contributed by atoms with van der Waals surface area (Å²) in [5.74, 6) is -0.135. The molecule has 0 saturated carbocycles. The van der Waals surface area contributed by atoms with Crippen LogP contribution in [0.4, 0.5) is 5.69 Å². The minimum absolute atomic E-state index is 0. The molecule has 6 heteroatoms. The van der Waals surface area contributed by atoms with Gasteiger partial charge in [-0.15, -0.1) is 12.4 Å². The number of hydrogen-bond acceptors (Lipinski definition) is 3. The van der Waals surface area contributed by atoms with E-state index in [1.807, 2.05) is 49.4 Å². The minimum atomic E-state index is -0.153. The fraction of sp³-hybridized carbons (Fsp3) is 0.263. The lowest BCUT2D eigenvalue weighted by Gasteiger charge is -2.25. The third-order valence-electron chi connectivity index (χ3n) is 3.97. The van der Waals surface area contributed by atoms with Crippen molar-refractivity contribution >= 4 is 29.9 Å². The summed E-state index contributed by atoms with van der Waals surface area (Å²) in [4.78, 5) is 25.9. The highest BCUT2D eigenvalue weighted by Crippen LogP contribution is 2.22. The van der Waals surface area contributed by atoms with Crippen LogP contribution in [0.25, 0.3) is 0 Å². The van der Waals surface area contributed by atoms with Crippen molar-refractivity contribution in [2.45, 2.75) is 13.0 Å². The highest BCUT2D eigenvalue weighted by atomic mass is 35.5. The predicted octanol–water partition coefficient (Wildman–Crippen LogP) is 3.10. The first-order chi connectivity index (χ1) is 11.5. The number of likely N-dealkylation sites (N-methyl/N-ethyl adjacent to an activating group) is 2. The molecule has 0 saturated heterocycles. The van der Waals surface area contributed by atoms with E-state index in [2.05, 4.69) is 10.6 Å². The first kappa shape index (κ1) is 20.7. The molecule has 0 fully saturated rings. The van der Waals surface area contributed by atoms with Crippen LogP contribution in [-0.2, 0) is 4.79 Å². The Morgan fingerprint density at radius 2 is 1.76 bits per heavy atom. The molecule has 2 amide bonds. The first-order valence-corrected chi connectivity index (χ1v) is 7.89. The standard InChI is InChI=1S/C19H23N3O2.ClH/c1-14(22(3)18(23)13-20-2)16-10-7-11-17(12-16)21-19(24)15-8-5-4-6-9-15;/h4-12,14,20H,13H2,1-3H3,(H,21,24);1H. The van der Waals surface area contributed by atoms with E-state index in [-0.39, 0.29) is 30.3 Å². The average molecular weight is 362 g/mol. The zero-order valence-electron chi connectivity index (χ0n) is 14.7. The lowest BCUT2D eigenvalue weighted by Crippen LogP contribution is -2.35. The largest absolute Gasteiger partial charge is 0.338 e. The molecule has 1 unspecified atom stereocenters. The number of carbonyl (C=O) groups is 2. The van der Waals surface area contributed by atoms with Crippen molar-refractivity contribution in [1.29, 1.82) is 0 Å². The zero-order chi connectivity index (χ0) is 17.5. The maximum Gasteiger partial charge on any atom is 0.255 e. The topological polar surface area (TPSA) is 61.4 Å². The van der Waals surface area contributed by atoms with Gasteiger partial charge in [0.2, 0.25) is 5.91 Å². The quantitative estimate of drug-likeness (QED) is 0.831. The van der Waals surface area contributed by atoms with Crippen molar-refractivity contribution < 1.29 is 9.59 Å². The van der Waals surface area contributed by atoms with Crippen LogP contribution in [0, 0.1) is 0 Å².